The fourth-order valence-electron chi connectivity index (χ4n) is 2.15. The Bertz CT molecular complexity index is 655. The Morgan fingerprint density at radius 3 is 2.68 bits per heavy atom. The number of aryl methyl sites for hydroxylation is 2. The van der Waals surface area contributed by atoms with E-state index >= 15 is 0 Å². The number of nitrogens with zero attached hydrogens (tertiary/aromatic N) is 2. The lowest BCUT2D eigenvalue weighted by Crippen LogP contribution is -2.26. The molecule has 118 valence electrons. The highest BCUT2D eigenvalue weighted by Crippen LogP contribution is 2.23. The molecule has 4 nitrogen and oxygen atoms in total. The van der Waals surface area contributed by atoms with Crippen LogP contribution >= 0.6 is 23.2 Å². The summed E-state index contributed by atoms with van der Waals surface area (Å²) in [5.41, 5.74) is 1.84. The van der Waals surface area contributed by atoms with E-state index in [2.05, 4.69) is 5.16 Å². The minimum Gasteiger partial charge on any atom is -0.361 e. The molecule has 2 rings (SSSR count). The van der Waals surface area contributed by atoms with E-state index < -0.39 is 0 Å². The van der Waals surface area contributed by atoms with E-state index in [1.807, 2.05) is 25.1 Å². The highest BCUT2D eigenvalue weighted by molar-refractivity contribution is 6.42. The molecule has 0 fully saturated rings. The maximum absolute atomic E-state index is 12.1. The van der Waals surface area contributed by atoms with Crippen molar-refractivity contribution in [3.8, 4) is 0 Å². The lowest BCUT2D eigenvalue weighted by Gasteiger charge is -2.15. The summed E-state index contributed by atoms with van der Waals surface area (Å²) in [6.07, 6.45) is 2.03. The molecule has 0 unspecified atom stereocenters. The van der Waals surface area contributed by atoms with E-state index in [4.69, 9.17) is 27.7 Å². The first-order valence-electron chi connectivity index (χ1n) is 7.06. The van der Waals surface area contributed by atoms with Crippen LogP contribution in [0.5, 0.6) is 0 Å². The Morgan fingerprint density at radius 2 is 2.05 bits per heavy atom. The first-order chi connectivity index (χ1) is 10.5. The van der Waals surface area contributed by atoms with Gasteiger partial charge in [-0.3, -0.25) is 4.79 Å². The molecule has 6 heteroatoms. The molecular weight excluding hydrogens is 323 g/mol. The molecule has 1 aromatic heterocycles. The molecule has 1 heterocycles. The van der Waals surface area contributed by atoms with Crippen molar-refractivity contribution in [2.45, 2.75) is 32.7 Å². The fourth-order valence-corrected chi connectivity index (χ4v) is 2.47. The summed E-state index contributed by atoms with van der Waals surface area (Å²) in [7, 11) is 1.77. The number of rotatable bonds is 6. The van der Waals surface area contributed by atoms with Gasteiger partial charge in [-0.1, -0.05) is 34.4 Å². The molecular formula is C16H18Cl2N2O2. The van der Waals surface area contributed by atoms with Crippen molar-refractivity contribution in [1.29, 1.82) is 0 Å². The molecule has 0 aliphatic carbocycles. The van der Waals surface area contributed by atoms with Crippen LogP contribution in [0.2, 0.25) is 10.0 Å². The smallest absolute Gasteiger partial charge is 0.222 e. The van der Waals surface area contributed by atoms with E-state index in [0.29, 0.717) is 23.0 Å². The Morgan fingerprint density at radius 1 is 1.27 bits per heavy atom. The van der Waals surface area contributed by atoms with Crippen LogP contribution in [0.15, 0.2) is 28.8 Å². The first kappa shape index (κ1) is 16.8. The third-order valence-corrected chi connectivity index (χ3v) is 4.08. The molecule has 1 aromatic carbocycles. The SMILES string of the molecule is Cc1cc(CN(C)C(=O)CCCc2ccc(Cl)c(Cl)c2)no1. The number of carbonyl (C=O) groups excluding carboxylic acids is 1. The van der Waals surface area contributed by atoms with Crippen molar-refractivity contribution < 1.29 is 9.32 Å². The number of aromatic nitrogens is 1. The van der Waals surface area contributed by atoms with Gasteiger partial charge in [0.05, 0.1) is 16.6 Å². The highest BCUT2D eigenvalue weighted by Gasteiger charge is 2.11. The summed E-state index contributed by atoms with van der Waals surface area (Å²) in [6.45, 7) is 2.29. The third kappa shape index (κ3) is 4.75. The Labute approximate surface area is 140 Å². The van der Waals surface area contributed by atoms with Gasteiger partial charge < -0.3 is 9.42 Å². The van der Waals surface area contributed by atoms with E-state index in [1.165, 1.54) is 0 Å². The van der Waals surface area contributed by atoms with Gasteiger partial charge in [-0.25, -0.2) is 0 Å². The molecule has 0 N–H and O–H groups in total. The number of amides is 1. The van der Waals surface area contributed by atoms with Gasteiger partial charge in [0.25, 0.3) is 0 Å². The lowest BCUT2D eigenvalue weighted by molar-refractivity contribution is -0.130. The minimum absolute atomic E-state index is 0.0840. The van der Waals surface area contributed by atoms with Gasteiger partial charge in [-0.2, -0.15) is 0 Å². The quantitative estimate of drug-likeness (QED) is 0.788. The van der Waals surface area contributed by atoms with Gasteiger partial charge in [-0.05, 0) is 37.5 Å². The molecule has 0 radical (unpaired) electrons. The van der Waals surface area contributed by atoms with Gasteiger partial charge in [-0.15, -0.1) is 0 Å². The van der Waals surface area contributed by atoms with Gasteiger partial charge in [0.1, 0.15) is 11.5 Å². The summed E-state index contributed by atoms with van der Waals surface area (Å²) in [5, 5.41) is 4.98. The predicted molar refractivity (Wildman–Crippen MR) is 87.1 cm³/mol. The number of carbonyl (C=O) groups is 1. The fraction of sp³-hybridized carbons (Fsp3) is 0.375. The van der Waals surface area contributed by atoms with Crippen molar-refractivity contribution >= 4 is 29.1 Å². The van der Waals surface area contributed by atoms with Crippen molar-refractivity contribution in [3.63, 3.8) is 0 Å². The van der Waals surface area contributed by atoms with Crippen LogP contribution in [-0.2, 0) is 17.8 Å². The molecule has 0 saturated heterocycles. The second-order valence-corrected chi connectivity index (χ2v) is 6.10. The van der Waals surface area contributed by atoms with Crippen molar-refractivity contribution in [2.24, 2.45) is 0 Å². The van der Waals surface area contributed by atoms with Crippen LogP contribution in [0.3, 0.4) is 0 Å². The topological polar surface area (TPSA) is 46.3 Å². The zero-order valence-corrected chi connectivity index (χ0v) is 14.1. The third-order valence-electron chi connectivity index (χ3n) is 3.34. The molecule has 0 bridgehead atoms. The number of hydrogen-bond acceptors (Lipinski definition) is 3. The molecule has 1 amide bonds. The summed E-state index contributed by atoms with van der Waals surface area (Å²) in [5.74, 6) is 0.830. The van der Waals surface area contributed by atoms with Gasteiger partial charge in [0.15, 0.2) is 0 Å². The van der Waals surface area contributed by atoms with Crippen LogP contribution in [0, 0.1) is 6.92 Å². The van der Waals surface area contributed by atoms with Gasteiger partial charge in [0, 0.05) is 19.5 Å². The first-order valence-corrected chi connectivity index (χ1v) is 7.81. The zero-order valence-electron chi connectivity index (χ0n) is 12.6. The maximum Gasteiger partial charge on any atom is 0.222 e. The Hall–Kier alpha value is -1.52. The second kappa shape index (κ2) is 7.65. The Kier molecular flexibility index (Phi) is 5.86. The van der Waals surface area contributed by atoms with Crippen molar-refractivity contribution in [2.75, 3.05) is 7.05 Å². The molecule has 0 aliphatic heterocycles. The van der Waals surface area contributed by atoms with E-state index in [9.17, 15) is 4.79 Å². The van der Waals surface area contributed by atoms with Gasteiger partial charge in [0.2, 0.25) is 5.91 Å². The molecule has 0 spiro atoms. The summed E-state index contributed by atoms with van der Waals surface area (Å²) >= 11 is 11.9. The van der Waals surface area contributed by atoms with E-state index in [-0.39, 0.29) is 5.91 Å². The Balaban J connectivity index is 1.78. The van der Waals surface area contributed by atoms with Crippen molar-refractivity contribution in [1.82, 2.24) is 10.1 Å². The van der Waals surface area contributed by atoms with Crippen LogP contribution in [0.4, 0.5) is 0 Å². The summed E-state index contributed by atoms with van der Waals surface area (Å²) < 4.78 is 4.99. The predicted octanol–water partition coefficient (Wildman–Crippen LogP) is 4.27. The maximum atomic E-state index is 12.1. The number of benzene rings is 1. The van der Waals surface area contributed by atoms with Crippen LogP contribution in [0.1, 0.15) is 29.9 Å². The van der Waals surface area contributed by atoms with E-state index in [0.717, 1.165) is 29.9 Å². The largest absolute Gasteiger partial charge is 0.361 e. The monoisotopic (exact) mass is 340 g/mol. The molecule has 0 atom stereocenters. The summed E-state index contributed by atoms with van der Waals surface area (Å²) in [4.78, 5) is 13.7. The molecule has 22 heavy (non-hydrogen) atoms. The summed E-state index contributed by atoms with van der Waals surface area (Å²) in [6, 6.07) is 7.39. The number of hydrogen-bond donors (Lipinski definition) is 0. The van der Waals surface area contributed by atoms with Crippen LogP contribution in [-0.4, -0.2) is 23.0 Å². The normalized spacial score (nSPS) is 10.7. The average molecular weight is 341 g/mol. The minimum atomic E-state index is 0.0840. The van der Waals surface area contributed by atoms with Crippen LogP contribution in [0.25, 0.3) is 0 Å². The lowest BCUT2D eigenvalue weighted by atomic mass is 10.1. The standard InChI is InChI=1S/C16H18Cl2N2O2/c1-11-8-13(19-22-11)10-20(2)16(21)5-3-4-12-6-7-14(17)15(18)9-12/h6-9H,3-5,10H2,1-2H3. The molecule has 2 aromatic rings. The molecule has 0 aliphatic rings. The van der Waals surface area contributed by atoms with E-state index in [1.54, 1.807) is 18.0 Å². The van der Waals surface area contributed by atoms with Crippen LogP contribution < -0.4 is 0 Å². The second-order valence-electron chi connectivity index (χ2n) is 5.28. The van der Waals surface area contributed by atoms with Gasteiger partial charge >= 0.3 is 0 Å². The number of halogens is 2. The zero-order chi connectivity index (χ0) is 16.1. The van der Waals surface area contributed by atoms with Crippen molar-refractivity contribution in [3.05, 3.63) is 51.3 Å². The molecule has 0 saturated carbocycles. The highest BCUT2D eigenvalue weighted by atomic mass is 35.5. The average Bonchev–Trinajstić information content (AvgIpc) is 2.87.